The van der Waals surface area contributed by atoms with Crippen LogP contribution in [0.15, 0.2) is 22.7 Å². The zero-order valence-corrected chi connectivity index (χ0v) is 11.4. The van der Waals surface area contributed by atoms with Crippen LogP contribution in [0.4, 0.5) is 5.69 Å². The molecule has 1 atom stereocenters. The van der Waals surface area contributed by atoms with E-state index in [1.54, 1.807) is 7.11 Å². The zero-order chi connectivity index (χ0) is 11.5. The van der Waals surface area contributed by atoms with Gasteiger partial charge >= 0.3 is 0 Å². The summed E-state index contributed by atoms with van der Waals surface area (Å²) in [4.78, 5) is 0. The highest BCUT2D eigenvalue weighted by atomic mass is 79.9. The first kappa shape index (κ1) is 11.8. The Balaban J connectivity index is 2.00. The summed E-state index contributed by atoms with van der Waals surface area (Å²) < 4.78 is 6.32. The SMILES string of the molecule is COc1ccc(Br)c(NC(C)CC2CC2)c1. The number of benzene rings is 1. The standard InChI is InChI=1S/C13H18BrNO/c1-9(7-10-3-4-10)15-13-8-11(16-2)5-6-12(13)14/h5-6,8-10,15H,3-4,7H2,1-2H3. The highest BCUT2D eigenvalue weighted by molar-refractivity contribution is 9.10. The maximum atomic E-state index is 5.22. The van der Waals surface area contributed by atoms with Crippen LogP contribution >= 0.6 is 15.9 Å². The van der Waals surface area contributed by atoms with Gasteiger partial charge in [0.2, 0.25) is 0 Å². The van der Waals surface area contributed by atoms with Crippen molar-refractivity contribution in [3.8, 4) is 5.75 Å². The van der Waals surface area contributed by atoms with E-state index in [2.05, 4.69) is 28.2 Å². The first-order chi connectivity index (χ1) is 7.69. The first-order valence-electron chi connectivity index (χ1n) is 5.79. The molecular weight excluding hydrogens is 266 g/mol. The molecule has 0 amide bonds. The van der Waals surface area contributed by atoms with Crippen molar-refractivity contribution in [2.24, 2.45) is 5.92 Å². The van der Waals surface area contributed by atoms with Crippen molar-refractivity contribution < 1.29 is 4.74 Å². The van der Waals surface area contributed by atoms with Gasteiger partial charge in [-0.1, -0.05) is 12.8 Å². The van der Waals surface area contributed by atoms with Gasteiger partial charge in [0.25, 0.3) is 0 Å². The molecule has 16 heavy (non-hydrogen) atoms. The molecule has 1 saturated carbocycles. The molecule has 1 N–H and O–H groups in total. The van der Waals surface area contributed by atoms with Gasteiger partial charge in [-0.2, -0.15) is 0 Å². The number of nitrogens with one attached hydrogen (secondary N) is 1. The van der Waals surface area contributed by atoms with E-state index in [1.165, 1.54) is 19.3 Å². The van der Waals surface area contributed by atoms with Gasteiger partial charge in [0.05, 0.1) is 12.8 Å². The Morgan fingerprint density at radius 2 is 2.25 bits per heavy atom. The van der Waals surface area contributed by atoms with Crippen molar-refractivity contribution in [3.05, 3.63) is 22.7 Å². The molecule has 3 heteroatoms. The molecule has 2 rings (SSSR count). The van der Waals surface area contributed by atoms with Crippen LogP contribution in [-0.4, -0.2) is 13.2 Å². The summed E-state index contributed by atoms with van der Waals surface area (Å²) in [5.74, 6) is 1.84. The third-order valence-electron chi connectivity index (χ3n) is 2.96. The predicted molar refractivity (Wildman–Crippen MR) is 71.1 cm³/mol. The van der Waals surface area contributed by atoms with Gasteiger partial charge in [-0.3, -0.25) is 0 Å². The molecule has 1 aliphatic rings. The molecule has 0 aromatic heterocycles. The third-order valence-corrected chi connectivity index (χ3v) is 3.65. The van der Waals surface area contributed by atoms with Crippen LogP contribution in [0, 0.1) is 5.92 Å². The molecule has 1 aromatic rings. The summed E-state index contributed by atoms with van der Waals surface area (Å²) >= 11 is 3.55. The fourth-order valence-electron chi connectivity index (χ4n) is 1.92. The minimum absolute atomic E-state index is 0.524. The molecule has 0 heterocycles. The topological polar surface area (TPSA) is 21.3 Å². The number of hydrogen-bond donors (Lipinski definition) is 1. The summed E-state index contributed by atoms with van der Waals surface area (Å²) in [5, 5.41) is 3.53. The van der Waals surface area contributed by atoms with Crippen LogP contribution in [0.1, 0.15) is 26.2 Å². The maximum Gasteiger partial charge on any atom is 0.121 e. The smallest absolute Gasteiger partial charge is 0.121 e. The lowest BCUT2D eigenvalue weighted by Gasteiger charge is -2.16. The number of hydrogen-bond acceptors (Lipinski definition) is 2. The molecular formula is C13H18BrNO. The average molecular weight is 284 g/mol. The van der Waals surface area contributed by atoms with Crippen molar-refractivity contribution in [2.45, 2.75) is 32.2 Å². The van der Waals surface area contributed by atoms with Gasteiger partial charge < -0.3 is 10.1 Å². The fraction of sp³-hybridized carbons (Fsp3) is 0.538. The number of ether oxygens (including phenoxy) is 1. The molecule has 88 valence electrons. The van der Waals surface area contributed by atoms with Gasteiger partial charge in [0.1, 0.15) is 5.75 Å². The summed E-state index contributed by atoms with van der Waals surface area (Å²) in [6.07, 6.45) is 4.08. The van der Waals surface area contributed by atoms with E-state index >= 15 is 0 Å². The van der Waals surface area contributed by atoms with Gasteiger partial charge in [-0.25, -0.2) is 0 Å². The van der Waals surface area contributed by atoms with Crippen molar-refractivity contribution >= 4 is 21.6 Å². The van der Waals surface area contributed by atoms with Crippen LogP contribution in [0.25, 0.3) is 0 Å². The van der Waals surface area contributed by atoms with E-state index in [0.717, 1.165) is 21.8 Å². The monoisotopic (exact) mass is 283 g/mol. The van der Waals surface area contributed by atoms with E-state index < -0.39 is 0 Å². The zero-order valence-electron chi connectivity index (χ0n) is 9.79. The van der Waals surface area contributed by atoms with Crippen molar-refractivity contribution in [1.29, 1.82) is 0 Å². The van der Waals surface area contributed by atoms with Gasteiger partial charge in [0, 0.05) is 16.6 Å². The lowest BCUT2D eigenvalue weighted by atomic mass is 10.1. The Labute approximate surface area is 106 Å². The highest BCUT2D eigenvalue weighted by Gasteiger charge is 2.23. The summed E-state index contributed by atoms with van der Waals surface area (Å²) in [7, 11) is 1.70. The molecule has 1 aromatic carbocycles. The largest absolute Gasteiger partial charge is 0.497 e. The van der Waals surface area contributed by atoms with Gasteiger partial charge in [-0.05, 0) is 47.3 Å². The summed E-state index contributed by atoms with van der Waals surface area (Å²) in [6.45, 7) is 2.24. The second-order valence-corrected chi connectivity index (χ2v) is 5.42. The van der Waals surface area contributed by atoms with Crippen LogP contribution in [0.3, 0.4) is 0 Å². The Morgan fingerprint density at radius 3 is 2.88 bits per heavy atom. The number of halogens is 1. The Bertz CT molecular complexity index is 363. The van der Waals surface area contributed by atoms with Crippen molar-refractivity contribution in [2.75, 3.05) is 12.4 Å². The molecule has 0 radical (unpaired) electrons. The van der Waals surface area contributed by atoms with Crippen LogP contribution in [0.5, 0.6) is 5.75 Å². The van der Waals surface area contributed by atoms with Gasteiger partial charge in [-0.15, -0.1) is 0 Å². The fourth-order valence-corrected chi connectivity index (χ4v) is 2.28. The molecule has 1 fully saturated rings. The lowest BCUT2D eigenvalue weighted by molar-refractivity contribution is 0.415. The van der Waals surface area contributed by atoms with E-state index in [-0.39, 0.29) is 0 Å². The van der Waals surface area contributed by atoms with E-state index in [1.807, 2.05) is 18.2 Å². The number of methoxy groups -OCH3 is 1. The minimum Gasteiger partial charge on any atom is -0.497 e. The van der Waals surface area contributed by atoms with Crippen molar-refractivity contribution in [3.63, 3.8) is 0 Å². The predicted octanol–water partition coefficient (Wildman–Crippen LogP) is 4.06. The lowest BCUT2D eigenvalue weighted by Crippen LogP contribution is -2.16. The molecule has 0 spiro atoms. The molecule has 1 unspecified atom stereocenters. The normalized spacial score (nSPS) is 16.9. The number of rotatable bonds is 5. The Hall–Kier alpha value is -0.700. The second kappa shape index (κ2) is 5.09. The van der Waals surface area contributed by atoms with E-state index in [9.17, 15) is 0 Å². The highest BCUT2D eigenvalue weighted by Crippen LogP contribution is 2.35. The Morgan fingerprint density at radius 1 is 1.50 bits per heavy atom. The minimum atomic E-state index is 0.524. The van der Waals surface area contributed by atoms with Crippen LogP contribution in [0.2, 0.25) is 0 Å². The maximum absolute atomic E-state index is 5.22. The van der Waals surface area contributed by atoms with Crippen LogP contribution < -0.4 is 10.1 Å². The first-order valence-corrected chi connectivity index (χ1v) is 6.58. The van der Waals surface area contributed by atoms with Crippen molar-refractivity contribution in [1.82, 2.24) is 0 Å². The Kier molecular flexibility index (Phi) is 3.74. The third kappa shape index (κ3) is 3.14. The molecule has 2 nitrogen and oxygen atoms in total. The van der Waals surface area contributed by atoms with E-state index in [0.29, 0.717) is 6.04 Å². The quantitative estimate of drug-likeness (QED) is 0.880. The average Bonchev–Trinajstić information content (AvgIpc) is 3.05. The summed E-state index contributed by atoms with van der Waals surface area (Å²) in [5.41, 5.74) is 1.12. The second-order valence-electron chi connectivity index (χ2n) is 4.57. The summed E-state index contributed by atoms with van der Waals surface area (Å²) in [6, 6.07) is 6.54. The van der Waals surface area contributed by atoms with E-state index in [4.69, 9.17) is 4.74 Å². The molecule has 0 bridgehead atoms. The molecule has 1 aliphatic carbocycles. The molecule has 0 saturated heterocycles. The number of anilines is 1. The van der Waals surface area contributed by atoms with Gasteiger partial charge in [0.15, 0.2) is 0 Å². The van der Waals surface area contributed by atoms with Crippen LogP contribution in [-0.2, 0) is 0 Å². The molecule has 0 aliphatic heterocycles.